The van der Waals surface area contributed by atoms with Crippen molar-refractivity contribution in [2.24, 2.45) is 0 Å². The number of rotatable bonds is 10. The third kappa shape index (κ3) is 7.83. The molecule has 0 saturated heterocycles. The Labute approximate surface area is 234 Å². The number of nitrogens with one attached hydrogen (secondary N) is 2. The van der Waals surface area contributed by atoms with E-state index in [1.807, 2.05) is 30.3 Å². The van der Waals surface area contributed by atoms with Crippen molar-refractivity contribution >= 4 is 52.6 Å². The van der Waals surface area contributed by atoms with E-state index < -0.39 is 11.9 Å². The number of benzene rings is 3. The first-order valence-corrected chi connectivity index (χ1v) is 12.7. The quantitative estimate of drug-likeness (QED) is 0.275. The second-order valence-corrected chi connectivity index (χ2v) is 9.52. The van der Waals surface area contributed by atoms with Crippen molar-refractivity contribution in [2.45, 2.75) is 25.8 Å². The lowest BCUT2D eigenvalue weighted by atomic mass is 9.97. The molecule has 4 aromatic rings. The molecule has 0 spiro atoms. The smallest absolute Gasteiger partial charge is 0.244 e. The summed E-state index contributed by atoms with van der Waals surface area (Å²) in [5.74, 6) is -0.901. The zero-order valence-electron chi connectivity index (χ0n) is 20.8. The van der Waals surface area contributed by atoms with E-state index >= 15 is 0 Å². The van der Waals surface area contributed by atoms with Crippen LogP contribution in [-0.2, 0) is 27.2 Å². The first-order valence-electron chi connectivity index (χ1n) is 11.9. The van der Waals surface area contributed by atoms with Crippen molar-refractivity contribution in [1.29, 1.82) is 0 Å². The van der Waals surface area contributed by atoms with Crippen molar-refractivity contribution in [3.05, 3.63) is 106 Å². The van der Waals surface area contributed by atoms with Gasteiger partial charge in [0.2, 0.25) is 11.8 Å². The Morgan fingerprint density at radius 3 is 2.51 bits per heavy atom. The van der Waals surface area contributed by atoms with Crippen LogP contribution in [0.15, 0.2) is 79.1 Å². The van der Waals surface area contributed by atoms with Gasteiger partial charge in [0.15, 0.2) is 5.78 Å². The molecule has 0 unspecified atom stereocenters. The molecule has 0 radical (unpaired) electrons. The first kappa shape index (κ1) is 27.7. The summed E-state index contributed by atoms with van der Waals surface area (Å²) in [5.41, 5.74) is 3.25. The Kier molecular flexibility index (Phi) is 9.19. The number of anilines is 1. The third-order valence-corrected chi connectivity index (χ3v) is 6.31. The second-order valence-electron chi connectivity index (χ2n) is 8.67. The molecule has 0 aliphatic rings. The average molecular weight is 563 g/mol. The summed E-state index contributed by atoms with van der Waals surface area (Å²) < 4.78 is 1.45. The minimum absolute atomic E-state index is 0.00157. The van der Waals surface area contributed by atoms with Crippen LogP contribution in [0, 0.1) is 0 Å². The van der Waals surface area contributed by atoms with Crippen LogP contribution in [0.3, 0.4) is 0 Å². The van der Waals surface area contributed by atoms with E-state index in [1.165, 1.54) is 24.0 Å². The fraction of sp³-hybridized carbons (Fsp3) is 0.143. The Balaban J connectivity index is 1.52. The number of carbonyl (C=O) groups excluding carboxylic acids is 3. The molecule has 1 aromatic heterocycles. The molecule has 0 saturated carbocycles. The number of nitrogens with zero attached hydrogens (tertiary/aromatic N) is 4. The van der Waals surface area contributed by atoms with Crippen LogP contribution in [0.4, 0.5) is 5.69 Å². The van der Waals surface area contributed by atoms with Gasteiger partial charge in [-0.25, -0.2) is 0 Å². The predicted octanol–water partition coefficient (Wildman–Crippen LogP) is 4.48. The van der Waals surface area contributed by atoms with Crippen molar-refractivity contribution < 1.29 is 14.4 Å². The lowest BCUT2D eigenvalue weighted by Crippen LogP contribution is -2.42. The molecule has 39 heavy (non-hydrogen) atoms. The van der Waals surface area contributed by atoms with Gasteiger partial charge in [-0.3, -0.25) is 14.4 Å². The molecule has 4 rings (SSSR count). The second kappa shape index (κ2) is 12.9. The summed E-state index contributed by atoms with van der Waals surface area (Å²) >= 11 is 12.5. The van der Waals surface area contributed by atoms with Gasteiger partial charge in [0.25, 0.3) is 0 Å². The zero-order valence-corrected chi connectivity index (χ0v) is 22.4. The molecule has 11 heteroatoms. The van der Waals surface area contributed by atoms with E-state index in [9.17, 15) is 14.4 Å². The highest BCUT2D eigenvalue weighted by molar-refractivity contribution is 6.32. The van der Waals surface area contributed by atoms with Gasteiger partial charge in [-0.2, -0.15) is 4.68 Å². The highest BCUT2D eigenvalue weighted by Crippen LogP contribution is 2.23. The summed E-state index contributed by atoms with van der Waals surface area (Å²) in [6.45, 7) is 1.40. The molecule has 0 aliphatic carbocycles. The van der Waals surface area contributed by atoms with Crippen molar-refractivity contribution in [3.63, 3.8) is 0 Å². The van der Waals surface area contributed by atoms with E-state index in [-0.39, 0.29) is 18.1 Å². The van der Waals surface area contributed by atoms with Crippen LogP contribution in [0.25, 0.3) is 11.8 Å². The number of tetrazole rings is 1. The number of hydrogen-bond donors (Lipinski definition) is 2. The predicted molar refractivity (Wildman–Crippen MR) is 150 cm³/mol. The van der Waals surface area contributed by atoms with E-state index in [0.29, 0.717) is 39.0 Å². The van der Waals surface area contributed by atoms with Crippen LogP contribution in [-0.4, -0.2) is 43.8 Å². The highest BCUT2D eigenvalue weighted by Gasteiger charge is 2.22. The standard InChI is InChI=1S/C28H24Cl2N6O3/c1-18(37)32-23-10-7-20(24(30)16-23)15-27(38)25(13-19-5-3-2-4-6-19)33-28(39)12-8-21-14-22(29)9-11-26(21)36-17-31-34-35-36/h2-12,14,16-17,25H,13,15H2,1H3,(H,32,37)(H,33,39)/b12-8+/t25-/m0/s1. The lowest BCUT2D eigenvalue weighted by Gasteiger charge is -2.18. The molecular formula is C28H24Cl2N6O3. The van der Waals surface area contributed by atoms with Crippen LogP contribution >= 0.6 is 23.2 Å². The number of halogens is 2. The normalized spacial score (nSPS) is 11.8. The summed E-state index contributed by atoms with van der Waals surface area (Å²) in [6.07, 6.45) is 4.65. The number of hydrogen-bond acceptors (Lipinski definition) is 6. The summed E-state index contributed by atoms with van der Waals surface area (Å²) in [5, 5.41) is 17.5. The van der Waals surface area contributed by atoms with Crippen molar-refractivity contribution in [1.82, 2.24) is 25.5 Å². The Bertz CT molecular complexity index is 1510. The van der Waals surface area contributed by atoms with Gasteiger partial charge in [-0.1, -0.05) is 59.6 Å². The maximum atomic E-state index is 13.4. The maximum Gasteiger partial charge on any atom is 0.244 e. The molecule has 1 heterocycles. The van der Waals surface area contributed by atoms with E-state index in [4.69, 9.17) is 23.2 Å². The Morgan fingerprint density at radius 2 is 1.82 bits per heavy atom. The Hall–Kier alpha value is -4.34. The molecular weight excluding hydrogens is 539 g/mol. The topological polar surface area (TPSA) is 119 Å². The molecule has 9 nitrogen and oxygen atoms in total. The average Bonchev–Trinajstić information content (AvgIpc) is 3.44. The molecule has 2 amide bonds. The largest absolute Gasteiger partial charge is 0.342 e. The molecule has 3 aromatic carbocycles. The third-order valence-electron chi connectivity index (χ3n) is 5.73. The van der Waals surface area contributed by atoms with Crippen LogP contribution in [0.1, 0.15) is 23.6 Å². The van der Waals surface area contributed by atoms with Crippen LogP contribution < -0.4 is 10.6 Å². The SMILES string of the molecule is CC(=O)Nc1ccc(CC(=O)[C@H](Cc2ccccc2)NC(=O)/C=C/c2cc(Cl)ccc2-n2cnnn2)c(Cl)c1. The molecule has 0 aliphatic heterocycles. The molecule has 1 atom stereocenters. The first-order chi connectivity index (χ1) is 18.8. The van der Waals surface area contributed by atoms with Gasteiger partial charge in [0.1, 0.15) is 6.33 Å². The van der Waals surface area contributed by atoms with E-state index in [1.54, 1.807) is 42.5 Å². The summed E-state index contributed by atoms with van der Waals surface area (Å²) in [4.78, 5) is 37.7. The minimum atomic E-state index is -0.811. The van der Waals surface area contributed by atoms with Crippen LogP contribution in [0.5, 0.6) is 0 Å². The fourth-order valence-corrected chi connectivity index (χ4v) is 4.33. The van der Waals surface area contributed by atoms with Gasteiger partial charge in [0, 0.05) is 40.7 Å². The van der Waals surface area contributed by atoms with Gasteiger partial charge in [-0.15, -0.1) is 5.10 Å². The molecule has 0 bridgehead atoms. The number of amides is 2. The molecule has 198 valence electrons. The molecule has 2 N–H and O–H groups in total. The Morgan fingerprint density at radius 1 is 1.03 bits per heavy atom. The lowest BCUT2D eigenvalue weighted by molar-refractivity contribution is -0.125. The number of Topliss-reactive ketones (excluding diaryl/α,β-unsaturated/α-hetero) is 1. The monoisotopic (exact) mass is 562 g/mol. The fourth-order valence-electron chi connectivity index (χ4n) is 3.90. The van der Waals surface area contributed by atoms with Crippen molar-refractivity contribution in [2.75, 3.05) is 5.32 Å². The maximum absolute atomic E-state index is 13.4. The number of ketones is 1. The van der Waals surface area contributed by atoms with E-state index in [0.717, 1.165) is 5.56 Å². The van der Waals surface area contributed by atoms with Gasteiger partial charge < -0.3 is 10.6 Å². The minimum Gasteiger partial charge on any atom is -0.342 e. The highest BCUT2D eigenvalue weighted by atomic mass is 35.5. The van der Waals surface area contributed by atoms with Gasteiger partial charge >= 0.3 is 0 Å². The van der Waals surface area contributed by atoms with Crippen molar-refractivity contribution in [3.8, 4) is 5.69 Å². The van der Waals surface area contributed by atoms with Gasteiger partial charge in [-0.05, 0) is 64.4 Å². The molecule has 0 fully saturated rings. The number of carbonyl (C=O) groups is 3. The zero-order chi connectivity index (χ0) is 27.8. The summed E-state index contributed by atoms with van der Waals surface area (Å²) in [7, 11) is 0. The summed E-state index contributed by atoms with van der Waals surface area (Å²) in [6, 6.07) is 18.7. The van der Waals surface area contributed by atoms with Crippen LogP contribution in [0.2, 0.25) is 10.0 Å². The van der Waals surface area contributed by atoms with Gasteiger partial charge in [0.05, 0.1) is 11.7 Å². The van der Waals surface area contributed by atoms with E-state index in [2.05, 4.69) is 26.2 Å². The number of aromatic nitrogens is 4.